The van der Waals surface area contributed by atoms with Gasteiger partial charge in [0.25, 0.3) is 0 Å². The largest absolute Gasteiger partial charge is 0.322 e. The molecular formula is C6H15FSi. The van der Waals surface area contributed by atoms with Gasteiger partial charge in [-0.15, -0.1) is 0 Å². The number of rotatable bonds is 3. The summed E-state index contributed by atoms with van der Waals surface area (Å²) >= 11 is 0. The van der Waals surface area contributed by atoms with Crippen molar-refractivity contribution in [1.82, 2.24) is 0 Å². The van der Waals surface area contributed by atoms with E-state index in [1.54, 1.807) is 0 Å². The van der Waals surface area contributed by atoms with E-state index in [1.165, 1.54) is 0 Å². The molecule has 0 amide bonds. The van der Waals surface area contributed by atoms with Crippen LogP contribution in [0.5, 0.6) is 0 Å². The van der Waals surface area contributed by atoms with Crippen LogP contribution in [0.3, 0.4) is 0 Å². The first-order chi connectivity index (χ1) is 3.62. The molecule has 0 atom stereocenters. The van der Waals surface area contributed by atoms with Gasteiger partial charge in [-0.3, -0.25) is 0 Å². The molecule has 8 heavy (non-hydrogen) atoms. The van der Waals surface area contributed by atoms with E-state index in [4.69, 9.17) is 0 Å². The van der Waals surface area contributed by atoms with Gasteiger partial charge in [-0.2, -0.15) is 0 Å². The summed E-state index contributed by atoms with van der Waals surface area (Å²) in [7, 11) is -1.27. The predicted molar refractivity (Wildman–Crippen MR) is 38.6 cm³/mol. The summed E-state index contributed by atoms with van der Waals surface area (Å²) in [5, 5.41) is 0.0642. The molecule has 0 N–H and O–H groups in total. The first-order valence-corrected chi connectivity index (χ1v) is 4.42. The second-order valence-electron chi connectivity index (χ2n) is 3.05. The maximum atomic E-state index is 12.1. The minimum Gasteiger partial charge on any atom is -0.322 e. The molecule has 0 aromatic carbocycles. The highest BCUT2D eigenvalue weighted by atomic mass is 28.3. The molecule has 0 aliphatic carbocycles. The van der Waals surface area contributed by atoms with Gasteiger partial charge in [0.15, 0.2) is 0 Å². The molecule has 0 nitrogen and oxygen atoms in total. The van der Waals surface area contributed by atoms with Crippen molar-refractivity contribution in [2.45, 2.75) is 38.7 Å². The maximum Gasteiger partial charge on any atom is 0.222 e. The Labute approximate surface area is 53.5 Å². The van der Waals surface area contributed by atoms with Gasteiger partial charge in [0.05, 0.1) is 0 Å². The molecule has 0 aliphatic heterocycles. The van der Waals surface area contributed by atoms with Gasteiger partial charge in [-0.25, -0.2) is 0 Å². The third-order valence-electron chi connectivity index (χ3n) is 1.29. The van der Waals surface area contributed by atoms with Crippen LogP contribution in [-0.2, 0) is 0 Å². The van der Waals surface area contributed by atoms with Crippen molar-refractivity contribution in [3.63, 3.8) is 0 Å². The standard InChI is InChI=1S/C6H15FSi/c1-4-5-6(2,3)8-7/h4-5,8H2,1-3H3. The predicted octanol–water partition coefficient (Wildman–Crippen LogP) is 2.04. The van der Waals surface area contributed by atoms with Crippen LogP contribution < -0.4 is 0 Å². The zero-order chi connectivity index (χ0) is 6.62. The monoisotopic (exact) mass is 134 g/mol. The van der Waals surface area contributed by atoms with Crippen LogP contribution in [0.1, 0.15) is 33.6 Å². The van der Waals surface area contributed by atoms with Gasteiger partial charge in [0.1, 0.15) is 0 Å². The van der Waals surface area contributed by atoms with Gasteiger partial charge in [0, 0.05) is 0 Å². The molecule has 0 fully saturated rings. The molecular weight excluding hydrogens is 119 g/mol. The summed E-state index contributed by atoms with van der Waals surface area (Å²) in [6, 6.07) is 0. The minimum absolute atomic E-state index is 0.0642. The second-order valence-corrected chi connectivity index (χ2v) is 5.23. The van der Waals surface area contributed by atoms with E-state index in [0.717, 1.165) is 12.8 Å². The summed E-state index contributed by atoms with van der Waals surface area (Å²) in [4.78, 5) is 0. The molecule has 2 heteroatoms. The topological polar surface area (TPSA) is 0 Å². The normalized spacial score (nSPS) is 13.5. The molecule has 50 valence electrons. The number of hydrogen-bond donors (Lipinski definition) is 0. The van der Waals surface area contributed by atoms with Gasteiger partial charge in [0.2, 0.25) is 9.85 Å². The second kappa shape index (κ2) is 3.23. The van der Waals surface area contributed by atoms with Crippen molar-refractivity contribution in [1.29, 1.82) is 0 Å². The van der Waals surface area contributed by atoms with Crippen molar-refractivity contribution in [2.24, 2.45) is 0 Å². The van der Waals surface area contributed by atoms with Crippen LogP contribution in [-0.4, -0.2) is 9.85 Å². The summed E-state index contributed by atoms with van der Waals surface area (Å²) < 4.78 is 12.1. The molecule has 0 unspecified atom stereocenters. The van der Waals surface area contributed by atoms with Crippen molar-refractivity contribution in [3.8, 4) is 0 Å². The average molecular weight is 134 g/mol. The zero-order valence-electron chi connectivity index (χ0n) is 6.00. The Balaban J connectivity index is 3.37. The lowest BCUT2D eigenvalue weighted by Gasteiger charge is -2.17. The van der Waals surface area contributed by atoms with Crippen LogP contribution in [0.2, 0.25) is 5.04 Å². The van der Waals surface area contributed by atoms with Crippen molar-refractivity contribution >= 4 is 9.85 Å². The van der Waals surface area contributed by atoms with Crippen molar-refractivity contribution in [2.75, 3.05) is 0 Å². The van der Waals surface area contributed by atoms with E-state index >= 15 is 0 Å². The van der Waals surface area contributed by atoms with E-state index < -0.39 is 9.85 Å². The molecule has 0 spiro atoms. The third kappa shape index (κ3) is 3.19. The number of hydrogen-bond acceptors (Lipinski definition) is 0. The van der Waals surface area contributed by atoms with Gasteiger partial charge >= 0.3 is 0 Å². The quantitative estimate of drug-likeness (QED) is 0.409. The summed E-state index contributed by atoms with van der Waals surface area (Å²) in [6.07, 6.45) is 2.17. The molecule has 0 bridgehead atoms. The van der Waals surface area contributed by atoms with Gasteiger partial charge in [-0.1, -0.05) is 27.2 Å². The molecule has 0 heterocycles. The highest BCUT2D eigenvalue weighted by Crippen LogP contribution is 2.28. The van der Waals surface area contributed by atoms with Gasteiger partial charge in [-0.05, 0) is 11.5 Å². The Morgan fingerprint density at radius 1 is 1.50 bits per heavy atom. The highest BCUT2D eigenvalue weighted by Gasteiger charge is 2.16. The lowest BCUT2D eigenvalue weighted by atomic mass is 10.1. The van der Waals surface area contributed by atoms with Crippen LogP contribution in [0.4, 0.5) is 4.11 Å². The van der Waals surface area contributed by atoms with Crippen LogP contribution in [0.15, 0.2) is 0 Å². The Morgan fingerprint density at radius 2 is 2.00 bits per heavy atom. The van der Waals surface area contributed by atoms with E-state index in [-0.39, 0.29) is 5.04 Å². The van der Waals surface area contributed by atoms with E-state index in [1.807, 2.05) is 13.8 Å². The van der Waals surface area contributed by atoms with Gasteiger partial charge < -0.3 is 4.11 Å². The minimum atomic E-state index is -1.27. The Hall–Kier alpha value is 0.147. The highest BCUT2D eigenvalue weighted by molar-refractivity contribution is 6.30. The Bertz CT molecular complexity index is 61.5. The van der Waals surface area contributed by atoms with Crippen LogP contribution >= 0.6 is 0 Å². The van der Waals surface area contributed by atoms with E-state index in [9.17, 15) is 4.11 Å². The van der Waals surface area contributed by atoms with E-state index in [0.29, 0.717) is 0 Å². The fourth-order valence-corrected chi connectivity index (χ4v) is 1.23. The molecule has 0 aromatic rings. The lowest BCUT2D eigenvalue weighted by Crippen LogP contribution is -2.07. The molecule has 0 rings (SSSR count). The fraction of sp³-hybridized carbons (Fsp3) is 1.00. The smallest absolute Gasteiger partial charge is 0.222 e. The molecule has 0 saturated carbocycles. The Kier molecular flexibility index (Phi) is 3.29. The lowest BCUT2D eigenvalue weighted by molar-refractivity contribution is 0.562. The molecule has 0 radical (unpaired) electrons. The molecule has 0 aromatic heterocycles. The van der Waals surface area contributed by atoms with Crippen LogP contribution in [0, 0.1) is 0 Å². The van der Waals surface area contributed by atoms with E-state index in [2.05, 4.69) is 6.92 Å². The van der Waals surface area contributed by atoms with Crippen molar-refractivity contribution in [3.05, 3.63) is 0 Å². The number of halogens is 1. The summed E-state index contributed by atoms with van der Waals surface area (Å²) in [5.74, 6) is 0. The fourth-order valence-electron chi connectivity index (χ4n) is 0.744. The SMILES string of the molecule is CCCC(C)(C)[SiH2]F. The van der Waals surface area contributed by atoms with Crippen molar-refractivity contribution < 1.29 is 4.11 Å². The summed E-state index contributed by atoms with van der Waals surface area (Å²) in [6.45, 7) is 6.14. The zero-order valence-corrected chi connectivity index (χ0v) is 7.41. The maximum absolute atomic E-state index is 12.1. The summed E-state index contributed by atoms with van der Waals surface area (Å²) in [5.41, 5.74) is 0. The first-order valence-electron chi connectivity index (χ1n) is 3.18. The average Bonchev–Trinajstić information content (AvgIpc) is 1.67. The molecule has 0 saturated heterocycles. The third-order valence-corrected chi connectivity index (χ3v) is 2.37. The molecule has 0 aliphatic rings. The first kappa shape index (κ1) is 8.15. The Morgan fingerprint density at radius 3 is 2.12 bits per heavy atom. The van der Waals surface area contributed by atoms with Crippen LogP contribution in [0.25, 0.3) is 0 Å².